The van der Waals surface area contributed by atoms with Crippen molar-refractivity contribution in [1.82, 2.24) is 9.55 Å². The molecule has 0 amide bonds. The number of nitrogens with zero attached hydrogens (tertiary/aromatic N) is 1. The van der Waals surface area contributed by atoms with Crippen LogP contribution in [0.15, 0.2) is 33.9 Å². The number of hydrogen-bond donors (Lipinski definition) is 2. The number of aromatic nitrogens is 2. The van der Waals surface area contributed by atoms with Crippen LogP contribution in [0, 0.1) is 0 Å². The van der Waals surface area contributed by atoms with Gasteiger partial charge in [0, 0.05) is 13.1 Å². The largest absolute Gasteiger partial charge is 0.329 e. The van der Waals surface area contributed by atoms with Gasteiger partial charge in [-0.2, -0.15) is 0 Å². The van der Waals surface area contributed by atoms with E-state index >= 15 is 0 Å². The molecule has 0 fully saturated rings. The molecule has 0 spiro atoms. The van der Waals surface area contributed by atoms with Gasteiger partial charge >= 0.3 is 5.69 Å². The number of benzene rings is 1. The van der Waals surface area contributed by atoms with E-state index < -0.39 is 5.69 Å². The second-order valence-corrected chi connectivity index (χ2v) is 3.22. The second kappa shape index (κ2) is 4.96. The average molecular weight is 242 g/mol. The number of para-hydroxylation sites is 1. The smallest absolute Gasteiger partial charge is 0.328 e. The Balaban J connectivity index is 0.00000128. The Morgan fingerprint density at radius 2 is 1.94 bits per heavy atom. The van der Waals surface area contributed by atoms with Crippen molar-refractivity contribution in [3.63, 3.8) is 0 Å². The Labute approximate surface area is 97.3 Å². The van der Waals surface area contributed by atoms with Gasteiger partial charge in [-0.15, -0.1) is 12.4 Å². The number of H-pyrrole nitrogens is 1. The molecule has 2 aromatic rings. The Bertz CT molecular complexity index is 603. The van der Waals surface area contributed by atoms with E-state index in [2.05, 4.69) is 4.98 Å². The van der Waals surface area contributed by atoms with Crippen molar-refractivity contribution in [3.8, 4) is 0 Å². The Hall–Kier alpha value is -1.59. The zero-order chi connectivity index (χ0) is 10.8. The van der Waals surface area contributed by atoms with E-state index in [9.17, 15) is 9.59 Å². The van der Waals surface area contributed by atoms with Crippen molar-refractivity contribution in [2.24, 2.45) is 5.73 Å². The maximum absolute atomic E-state index is 11.8. The lowest BCUT2D eigenvalue weighted by atomic mass is 10.2. The SMILES string of the molecule is Cl.NCCn1c(=O)[nH]c2ccccc2c1=O. The van der Waals surface area contributed by atoms with Gasteiger partial charge in [0.2, 0.25) is 0 Å². The summed E-state index contributed by atoms with van der Waals surface area (Å²) in [5.74, 6) is 0. The Morgan fingerprint density at radius 3 is 2.62 bits per heavy atom. The van der Waals surface area contributed by atoms with Gasteiger partial charge in [0.25, 0.3) is 5.56 Å². The third-order valence-corrected chi connectivity index (χ3v) is 2.24. The van der Waals surface area contributed by atoms with Crippen LogP contribution in [0.1, 0.15) is 0 Å². The van der Waals surface area contributed by atoms with Crippen LogP contribution >= 0.6 is 12.4 Å². The standard InChI is InChI=1S/C10H11N3O2.ClH/c11-5-6-13-9(14)7-3-1-2-4-8(7)12-10(13)15;/h1-4H,5-6,11H2,(H,12,15);1H. The maximum Gasteiger partial charge on any atom is 0.328 e. The molecule has 16 heavy (non-hydrogen) atoms. The fourth-order valence-electron chi connectivity index (χ4n) is 1.53. The zero-order valence-corrected chi connectivity index (χ0v) is 9.29. The average Bonchev–Trinajstić information content (AvgIpc) is 2.24. The highest BCUT2D eigenvalue weighted by atomic mass is 35.5. The van der Waals surface area contributed by atoms with Gasteiger partial charge in [0.1, 0.15) is 0 Å². The summed E-state index contributed by atoms with van der Waals surface area (Å²) in [5, 5.41) is 0.505. The van der Waals surface area contributed by atoms with Crippen LogP contribution in [0.3, 0.4) is 0 Å². The summed E-state index contributed by atoms with van der Waals surface area (Å²) >= 11 is 0. The summed E-state index contributed by atoms with van der Waals surface area (Å²) in [7, 11) is 0. The molecule has 0 saturated heterocycles. The normalized spacial score (nSPS) is 10.1. The predicted octanol–water partition coefficient (Wildman–Crippen LogP) is 0.0703. The molecule has 0 aliphatic rings. The molecule has 5 nitrogen and oxygen atoms in total. The van der Waals surface area contributed by atoms with Crippen molar-refractivity contribution in [2.75, 3.05) is 6.54 Å². The first-order chi connectivity index (χ1) is 7.24. The summed E-state index contributed by atoms with van der Waals surface area (Å²) in [6, 6.07) is 6.91. The van der Waals surface area contributed by atoms with Crippen LogP contribution in [0.4, 0.5) is 0 Å². The molecule has 3 N–H and O–H groups in total. The molecule has 0 aliphatic heterocycles. The van der Waals surface area contributed by atoms with Crippen LogP contribution in [0.5, 0.6) is 0 Å². The van der Waals surface area contributed by atoms with Crippen LogP contribution in [-0.2, 0) is 6.54 Å². The van der Waals surface area contributed by atoms with Gasteiger partial charge in [0.05, 0.1) is 10.9 Å². The highest BCUT2D eigenvalue weighted by Gasteiger charge is 2.05. The number of aromatic amines is 1. The Morgan fingerprint density at radius 1 is 1.25 bits per heavy atom. The molecule has 1 aromatic heterocycles. The molecule has 0 saturated carbocycles. The van der Waals surface area contributed by atoms with Gasteiger partial charge in [-0.05, 0) is 12.1 Å². The van der Waals surface area contributed by atoms with Crippen molar-refractivity contribution < 1.29 is 0 Å². The molecule has 0 atom stereocenters. The summed E-state index contributed by atoms with van der Waals surface area (Å²) < 4.78 is 1.11. The number of fused-ring (bicyclic) bond motifs is 1. The van der Waals surface area contributed by atoms with Gasteiger partial charge in [-0.25, -0.2) is 4.79 Å². The third kappa shape index (κ3) is 2.00. The number of nitrogens with one attached hydrogen (secondary N) is 1. The number of rotatable bonds is 2. The first-order valence-corrected chi connectivity index (χ1v) is 4.66. The highest BCUT2D eigenvalue weighted by molar-refractivity contribution is 5.85. The summed E-state index contributed by atoms with van der Waals surface area (Å²) in [5.41, 5.74) is 5.18. The molecule has 6 heteroatoms. The molecular formula is C10H12ClN3O2. The molecule has 0 unspecified atom stereocenters. The maximum atomic E-state index is 11.8. The second-order valence-electron chi connectivity index (χ2n) is 3.22. The van der Waals surface area contributed by atoms with E-state index in [1.54, 1.807) is 24.3 Å². The lowest BCUT2D eigenvalue weighted by Gasteiger charge is -2.03. The summed E-state index contributed by atoms with van der Waals surface area (Å²) in [4.78, 5) is 26.0. The topological polar surface area (TPSA) is 80.9 Å². The van der Waals surface area contributed by atoms with E-state index in [4.69, 9.17) is 5.73 Å². The van der Waals surface area contributed by atoms with Crippen LogP contribution < -0.4 is 17.0 Å². The van der Waals surface area contributed by atoms with E-state index in [0.29, 0.717) is 10.9 Å². The van der Waals surface area contributed by atoms with Crippen LogP contribution in [0.25, 0.3) is 10.9 Å². The van der Waals surface area contributed by atoms with Crippen molar-refractivity contribution in [1.29, 1.82) is 0 Å². The zero-order valence-electron chi connectivity index (χ0n) is 8.47. The lowest BCUT2D eigenvalue weighted by Crippen LogP contribution is -2.36. The molecular weight excluding hydrogens is 230 g/mol. The van der Waals surface area contributed by atoms with Crippen molar-refractivity contribution in [3.05, 3.63) is 45.1 Å². The molecule has 0 aliphatic carbocycles. The molecule has 2 rings (SSSR count). The first kappa shape index (κ1) is 12.5. The van der Waals surface area contributed by atoms with Crippen molar-refractivity contribution in [2.45, 2.75) is 6.54 Å². The van der Waals surface area contributed by atoms with Gasteiger partial charge < -0.3 is 10.7 Å². The fourth-order valence-corrected chi connectivity index (χ4v) is 1.53. The lowest BCUT2D eigenvalue weighted by molar-refractivity contribution is 0.646. The Kier molecular flexibility index (Phi) is 3.87. The number of halogens is 1. The number of nitrogens with two attached hydrogens (primary N) is 1. The quantitative estimate of drug-likeness (QED) is 0.781. The van der Waals surface area contributed by atoms with Gasteiger partial charge in [0.15, 0.2) is 0 Å². The van der Waals surface area contributed by atoms with E-state index in [0.717, 1.165) is 4.57 Å². The molecule has 86 valence electrons. The van der Waals surface area contributed by atoms with Crippen molar-refractivity contribution >= 4 is 23.3 Å². The predicted molar refractivity (Wildman–Crippen MR) is 65.1 cm³/mol. The molecule has 0 radical (unpaired) electrons. The fraction of sp³-hybridized carbons (Fsp3) is 0.200. The summed E-state index contributed by atoms with van der Waals surface area (Å²) in [6.07, 6.45) is 0. The van der Waals surface area contributed by atoms with E-state index in [1.807, 2.05) is 0 Å². The molecule has 1 aromatic carbocycles. The highest BCUT2D eigenvalue weighted by Crippen LogP contribution is 2.02. The van der Waals surface area contributed by atoms with E-state index in [-0.39, 0.29) is 31.1 Å². The third-order valence-electron chi connectivity index (χ3n) is 2.24. The number of hydrogen-bond acceptors (Lipinski definition) is 3. The minimum atomic E-state index is -0.413. The van der Waals surface area contributed by atoms with Gasteiger partial charge in [-0.3, -0.25) is 9.36 Å². The monoisotopic (exact) mass is 241 g/mol. The summed E-state index contributed by atoms with van der Waals surface area (Å²) in [6.45, 7) is 0.500. The van der Waals surface area contributed by atoms with Crippen LogP contribution in [-0.4, -0.2) is 16.1 Å². The molecule has 1 heterocycles. The molecule has 0 bridgehead atoms. The minimum absolute atomic E-state index is 0. The first-order valence-electron chi connectivity index (χ1n) is 4.66. The van der Waals surface area contributed by atoms with E-state index in [1.165, 1.54) is 0 Å². The van der Waals surface area contributed by atoms with Gasteiger partial charge in [-0.1, -0.05) is 12.1 Å². The minimum Gasteiger partial charge on any atom is -0.329 e. The van der Waals surface area contributed by atoms with Crippen LogP contribution in [0.2, 0.25) is 0 Å².